The number of ether oxygens (including phenoxy) is 1. The van der Waals surface area contributed by atoms with Gasteiger partial charge in [-0.3, -0.25) is 9.36 Å². The molecule has 7 heteroatoms. The number of hydrogen-bond acceptors (Lipinski definition) is 5. The average Bonchev–Trinajstić information content (AvgIpc) is 2.93. The smallest absolute Gasteiger partial charge is 0.361 e. The molecule has 204 valence electrons. The van der Waals surface area contributed by atoms with Crippen LogP contribution in [0.5, 0.6) is 5.75 Å². The maximum Gasteiger partial charge on any atom is 0.361 e. The third-order valence-corrected chi connectivity index (χ3v) is 8.23. The zero-order chi connectivity index (χ0) is 27.2. The van der Waals surface area contributed by atoms with Crippen LogP contribution in [0.25, 0.3) is 11.1 Å². The number of unbranched alkanes of at least 4 members (excludes halogenated alkanes) is 5. The Morgan fingerprint density at radius 1 is 0.763 bits per heavy atom. The molecule has 3 aromatic carbocycles. The van der Waals surface area contributed by atoms with E-state index in [1.165, 1.54) is 32.1 Å². The molecule has 0 aromatic heterocycles. The normalized spacial score (nSPS) is 11.3. The van der Waals surface area contributed by atoms with Gasteiger partial charge in [0.1, 0.15) is 5.75 Å². The summed E-state index contributed by atoms with van der Waals surface area (Å²) in [4.78, 5) is 12.9. The van der Waals surface area contributed by atoms with Gasteiger partial charge < -0.3 is 19.1 Å². The third kappa shape index (κ3) is 8.83. The highest BCUT2D eigenvalue weighted by Crippen LogP contribution is 2.47. The summed E-state index contributed by atoms with van der Waals surface area (Å²) in [5.41, 5.74) is 3.11. The third-order valence-electron chi connectivity index (χ3n) is 6.12. The van der Waals surface area contributed by atoms with Gasteiger partial charge in [0.25, 0.3) is 5.91 Å². The molecule has 0 radical (unpaired) electrons. The Hall–Kier alpha value is -2.92. The molecule has 0 heterocycles. The molecule has 0 saturated heterocycles. The number of hydrogen-bond donors (Lipinski definition) is 1. The lowest BCUT2D eigenvalue weighted by molar-refractivity contribution is 0.102. The van der Waals surface area contributed by atoms with Gasteiger partial charge in [0.2, 0.25) is 0 Å². The summed E-state index contributed by atoms with van der Waals surface area (Å²) >= 11 is 0. The molecule has 0 aliphatic carbocycles. The minimum absolute atomic E-state index is 0.255. The van der Waals surface area contributed by atoms with Crippen LogP contribution in [0, 0.1) is 0 Å². The van der Waals surface area contributed by atoms with E-state index >= 15 is 0 Å². The van der Waals surface area contributed by atoms with E-state index in [1.807, 2.05) is 36.4 Å². The lowest BCUT2D eigenvalue weighted by Gasteiger charge is -2.18. The van der Waals surface area contributed by atoms with Crippen molar-refractivity contribution in [2.45, 2.75) is 59.3 Å². The molecule has 38 heavy (non-hydrogen) atoms. The predicted octanol–water partition coefficient (Wildman–Crippen LogP) is 8.24. The first-order valence-electron chi connectivity index (χ1n) is 13.6. The van der Waals surface area contributed by atoms with Gasteiger partial charge in [-0.05, 0) is 73.9 Å². The number of amides is 1. The second-order valence-electron chi connectivity index (χ2n) is 9.06. The Labute approximate surface area is 227 Å². The predicted molar refractivity (Wildman–Crippen MR) is 156 cm³/mol. The van der Waals surface area contributed by atoms with Gasteiger partial charge in [0, 0.05) is 11.3 Å². The SMILES string of the molecule is CCCCCCCCOc1ccc(-c2ccc(C(=O)Nc3cccc(P(=O)(OCC)OCC)c3)cc2)cc1. The summed E-state index contributed by atoms with van der Waals surface area (Å²) in [6.45, 7) is 7.02. The van der Waals surface area contributed by atoms with Crippen molar-refractivity contribution in [1.82, 2.24) is 0 Å². The summed E-state index contributed by atoms with van der Waals surface area (Å²) in [6.07, 6.45) is 7.46. The van der Waals surface area contributed by atoms with Crippen LogP contribution in [0.4, 0.5) is 5.69 Å². The van der Waals surface area contributed by atoms with Gasteiger partial charge in [0.15, 0.2) is 0 Å². The number of anilines is 1. The van der Waals surface area contributed by atoms with Crippen molar-refractivity contribution in [2.24, 2.45) is 0 Å². The summed E-state index contributed by atoms with van der Waals surface area (Å²) < 4.78 is 29.8. The fraction of sp³-hybridized carbons (Fsp3) is 0.387. The average molecular weight is 538 g/mol. The highest BCUT2D eigenvalue weighted by atomic mass is 31.2. The van der Waals surface area contributed by atoms with Gasteiger partial charge in [-0.2, -0.15) is 0 Å². The Balaban J connectivity index is 1.56. The maximum atomic E-state index is 13.1. The molecule has 0 saturated carbocycles. The summed E-state index contributed by atoms with van der Waals surface area (Å²) in [5, 5.41) is 3.28. The lowest BCUT2D eigenvalue weighted by Crippen LogP contribution is -2.15. The number of rotatable bonds is 16. The second-order valence-corrected chi connectivity index (χ2v) is 11.1. The minimum atomic E-state index is -3.43. The fourth-order valence-corrected chi connectivity index (χ4v) is 5.73. The van der Waals surface area contributed by atoms with E-state index in [0.29, 0.717) is 16.6 Å². The molecule has 0 aliphatic heterocycles. The van der Waals surface area contributed by atoms with E-state index in [0.717, 1.165) is 29.9 Å². The molecule has 0 atom stereocenters. The highest BCUT2D eigenvalue weighted by Gasteiger charge is 2.27. The zero-order valence-electron chi connectivity index (χ0n) is 22.8. The molecule has 0 unspecified atom stereocenters. The van der Waals surface area contributed by atoms with E-state index in [4.69, 9.17) is 13.8 Å². The van der Waals surface area contributed by atoms with Gasteiger partial charge in [-0.15, -0.1) is 0 Å². The maximum absolute atomic E-state index is 13.1. The van der Waals surface area contributed by atoms with E-state index < -0.39 is 7.60 Å². The van der Waals surface area contributed by atoms with Gasteiger partial charge >= 0.3 is 7.60 Å². The van der Waals surface area contributed by atoms with Gasteiger partial charge in [-0.1, -0.05) is 69.4 Å². The van der Waals surface area contributed by atoms with Crippen molar-refractivity contribution < 1.29 is 23.1 Å². The minimum Gasteiger partial charge on any atom is -0.494 e. The first-order chi connectivity index (χ1) is 18.5. The topological polar surface area (TPSA) is 73.9 Å². The molecule has 0 spiro atoms. The Kier molecular flexibility index (Phi) is 12.1. The second kappa shape index (κ2) is 15.5. The van der Waals surface area contributed by atoms with Crippen molar-refractivity contribution in [3.05, 3.63) is 78.4 Å². The monoisotopic (exact) mass is 537 g/mol. The van der Waals surface area contributed by atoms with E-state index in [1.54, 1.807) is 50.2 Å². The number of benzene rings is 3. The Bertz CT molecular complexity index is 1170. The first-order valence-corrected chi connectivity index (χ1v) is 15.2. The van der Waals surface area contributed by atoms with Crippen LogP contribution in [-0.4, -0.2) is 25.7 Å². The molecule has 0 aliphatic rings. The molecule has 6 nitrogen and oxygen atoms in total. The number of carbonyl (C=O) groups excluding carboxylic acids is 1. The van der Waals surface area contributed by atoms with Crippen LogP contribution in [0.1, 0.15) is 69.7 Å². The molecular formula is C31H40NO5P. The highest BCUT2D eigenvalue weighted by molar-refractivity contribution is 7.62. The number of carbonyl (C=O) groups is 1. The van der Waals surface area contributed by atoms with Crippen LogP contribution >= 0.6 is 7.60 Å². The van der Waals surface area contributed by atoms with Crippen molar-refractivity contribution in [1.29, 1.82) is 0 Å². The first kappa shape index (κ1) is 29.6. The van der Waals surface area contributed by atoms with Gasteiger partial charge in [-0.25, -0.2) is 0 Å². The molecule has 3 rings (SSSR count). The molecule has 0 bridgehead atoms. The lowest BCUT2D eigenvalue weighted by atomic mass is 10.0. The molecule has 3 aromatic rings. The van der Waals surface area contributed by atoms with Crippen molar-refractivity contribution in [3.63, 3.8) is 0 Å². The zero-order valence-corrected chi connectivity index (χ0v) is 23.7. The molecular weight excluding hydrogens is 497 g/mol. The van der Waals surface area contributed by atoms with Crippen LogP contribution < -0.4 is 15.4 Å². The summed E-state index contributed by atoms with van der Waals surface area (Å²) in [5.74, 6) is 0.619. The van der Waals surface area contributed by atoms with E-state index in [-0.39, 0.29) is 19.1 Å². The van der Waals surface area contributed by atoms with Crippen LogP contribution in [0.3, 0.4) is 0 Å². The van der Waals surface area contributed by atoms with Crippen LogP contribution in [-0.2, 0) is 13.6 Å². The summed E-state index contributed by atoms with van der Waals surface area (Å²) in [6, 6.07) is 22.3. The Morgan fingerprint density at radius 3 is 2.00 bits per heavy atom. The number of nitrogens with one attached hydrogen (secondary N) is 1. The van der Waals surface area contributed by atoms with E-state index in [9.17, 15) is 9.36 Å². The Morgan fingerprint density at radius 2 is 1.37 bits per heavy atom. The largest absolute Gasteiger partial charge is 0.494 e. The summed E-state index contributed by atoms with van der Waals surface area (Å²) in [7, 11) is -3.43. The van der Waals surface area contributed by atoms with Crippen LogP contribution in [0.15, 0.2) is 72.8 Å². The molecule has 1 amide bonds. The van der Waals surface area contributed by atoms with Gasteiger partial charge in [0.05, 0.1) is 25.1 Å². The fourth-order valence-electron chi connectivity index (χ4n) is 4.11. The van der Waals surface area contributed by atoms with E-state index in [2.05, 4.69) is 12.2 Å². The van der Waals surface area contributed by atoms with Crippen molar-refractivity contribution in [2.75, 3.05) is 25.1 Å². The standard InChI is InChI=1S/C31H40NO5P/c1-4-7-8-9-10-11-23-35-29-21-19-26(20-22-29)25-15-17-27(18-16-25)31(33)32-28-13-12-14-30(24-28)38(34,36-5-2)37-6-3/h12-22,24H,4-11,23H2,1-3H3,(H,32,33). The van der Waals surface area contributed by atoms with Crippen molar-refractivity contribution >= 4 is 24.5 Å². The quantitative estimate of drug-likeness (QED) is 0.147. The molecule has 1 N–H and O–H groups in total. The van der Waals surface area contributed by atoms with Crippen molar-refractivity contribution in [3.8, 4) is 16.9 Å². The molecule has 0 fully saturated rings. The van der Waals surface area contributed by atoms with Crippen LogP contribution in [0.2, 0.25) is 0 Å².